The molecule has 2 heterocycles. The van der Waals surface area contributed by atoms with Crippen molar-refractivity contribution < 1.29 is 0 Å². The van der Waals surface area contributed by atoms with Crippen LogP contribution < -0.4 is 10.2 Å². The molecule has 28 heavy (non-hydrogen) atoms. The van der Waals surface area contributed by atoms with Crippen molar-refractivity contribution in [2.24, 2.45) is 0 Å². The third-order valence-corrected chi connectivity index (χ3v) is 4.61. The smallest absolute Gasteiger partial charge is 0.227 e. The second-order valence-electron chi connectivity index (χ2n) is 6.95. The first kappa shape index (κ1) is 17.9. The largest absolute Gasteiger partial charge is 0.338 e. The van der Waals surface area contributed by atoms with E-state index in [0.29, 0.717) is 5.95 Å². The second-order valence-corrected chi connectivity index (χ2v) is 6.95. The minimum Gasteiger partial charge on any atom is -0.338 e. The van der Waals surface area contributed by atoms with E-state index in [0.717, 1.165) is 29.0 Å². The Morgan fingerprint density at radius 1 is 0.857 bits per heavy atom. The van der Waals surface area contributed by atoms with Gasteiger partial charge >= 0.3 is 0 Å². The fourth-order valence-corrected chi connectivity index (χ4v) is 3.16. The van der Waals surface area contributed by atoms with Gasteiger partial charge in [-0.2, -0.15) is 4.98 Å². The quantitative estimate of drug-likeness (QED) is 0.507. The van der Waals surface area contributed by atoms with Crippen LogP contribution in [0, 0.1) is 0 Å². The molecule has 0 spiro atoms. The normalized spacial score (nSPS) is 11.0. The lowest BCUT2D eigenvalue weighted by Crippen LogP contribution is -2.31. The fraction of sp³-hybridized carbons (Fsp3) is 0.174. The first-order valence-corrected chi connectivity index (χ1v) is 9.45. The predicted octanol–water partition coefficient (Wildman–Crippen LogP) is 5.18. The van der Waals surface area contributed by atoms with Gasteiger partial charge in [-0.15, -0.1) is 0 Å². The number of para-hydroxylation sites is 1. The van der Waals surface area contributed by atoms with Crippen molar-refractivity contribution in [1.29, 1.82) is 0 Å². The van der Waals surface area contributed by atoms with E-state index in [1.165, 1.54) is 5.56 Å². The minimum atomic E-state index is 0.273. The molecule has 0 radical (unpaired) electrons. The number of benzene rings is 2. The highest BCUT2D eigenvalue weighted by molar-refractivity contribution is 5.91. The molecule has 0 aliphatic heterocycles. The molecule has 0 fully saturated rings. The molecule has 0 saturated heterocycles. The molecule has 0 atom stereocenters. The van der Waals surface area contributed by atoms with Crippen molar-refractivity contribution in [3.63, 3.8) is 0 Å². The van der Waals surface area contributed by atoms with Crippen LogP contribution in [0.15, 0.2) is 79.1 Å². The van der Waals surface area contributed by atoms with Crippen LogP contribution in [0.5, 0.6) is 0 Å². The van der Waals surface area contributed by atoms with Crippen molar-refractivity contribution >= 4 is 28.4 Å². The van der Waals surface area contributed by atoms with E-state index >= 15 is 0 Å². The SMILES string of the molecule is CC(C)N(Cc1ccccc1)c1nccc(Nc2cccc3cccnc23)n1. The van der Waals surface area contributed by atoms with Crippen molar-refractivity contribution in [2.75, 3.05) is 10.2 Å². The highest BCUT2D eigenvalue weighted by atomic mass is 15.3. The molecule has 2 aromatic carbocycles. The molecule has 1 N–H and O–H groups in total. The standard InChI is InChI=1S/C23H23N5/c1-17(2)28(16-18-8-4-3-5-9-18)23-25-15-13-21(27-23)26-20-12-6-10-19-11-7-14-24-22(19)20/h3-15,17H,16H2,1-2H3,(H,25,26,27). The lowest BCUT2D eigenvalue weighted by atomic mass is 10.2. The minimum absolute atomic E-state index is 0.273. The van der Waals surface area contributed by atoms with Gasteiger partial charge in [-0.3, -0.25) is 4.98 Å². The zero-order valence-electron chi connectivity index (χ0n) is 16.1. The topological polar surface area (TPSA) is 53.9 Å². The molecule has 0 aliphatic carbocycles. The number of anilines is 3. The average molecular weight is 369 g/mol. The number of nitrogens with zero attached hydrogens (tertiary/aromatic N) is 4. The van der Waals surface area contributed by atoms with Crippen LogP contribution in [-0.4, -0.2) is 21.0 Å². The first-order chi connectivity index (χ1) is 13.7. The van der Waals surface area contributed by atoms with Crippen LogP contribution in [0.3, 0.4) is 0 Å². The van der Waals surface area contributed by atoms with Crippen molar-refractivity contribution in [3.05, 3.63) is 84.7 Å². The van der Waals surface area contributed by atoms with Gasteiger partial charge in [-0.1, -0.05) is 48.5 Å². The molecule has 140 valence electrons. The van der Waals surface area contributed by atoms with Crippen LogP contribution in [0.25, 0.3) is 10.9 Å². The molecule has 0 unspecified atom stereocenters. The summed E-state index contributed by atoms with van der Waals surface area (Å²) in [5, 5.41) is 4.50. The number of hydrogen-bond donors (Lipinski definition) is 1. The van der Waals surface area contributed by atoms with E-state index in [1.807, 2.05) is 30.3 Å². The fourth-order valence-electron chi connectivity index (χ4n) is 3.16. The van der Waals surface area contributed by atoms with Gasteiger partial charge in [-0.05, 0) is 37.6 Å². The van der Waals surface area contributed by atoms with E-state index in [-0.39, 0.29) is 6.04 Å². The molecule has 0 bridgehead atoms. The average Bonchev–Trinajstić information content (AvgIpc) is 2.73. The molecule has 5 nitrogen and oxygen atoms in total. The second kappa shape index (κ2) is 8.05. The Kier molecular flexibility index (Phi) is 5.15. The molecular weight excluding hydrogens is 346 g/mol. The molecule has 0 aliphatic rings. The van der Waals surface area contributed by atoms with Gasteiger partial charge in [-0.25, -0.2) is 4.98 Å². The molecule has 0 saturated carbocycles. The molecule has 5 heteroatoms. The zero-order chi connectivity index (χ0) is 19.3. The number of nitrogens with one attached hydrogen (secondary N) is 1. The van der Waals surface area contributed by atoms with Crippen LogP contribution >= 0.6 is 0 Å². The Morgan fingerprint density at radius 2 is 1.68 bits per heavy atom. The number of pyridine rings is 1. The maximum Gasteiger partial charge on any atom is 0.227 e. The Hall–Kier alpha value is -3.47. The third kappa shape index (κ3) is 3.93. The van der Waals surface area contributed by atoms with Crippen molar-refractivity contribution in [2.45, 2.75) is 26.4 Å². The number of rotatable bonds is 6. The first-order valence-electron chi connectivity index (χ1n) is 9.45. The Morgan fingerprint density at radius 3 is 2.50 bits per heavy atom. The summed E-state index contributed by atoms with van der Waals surface area (Å²) < 4.78 is 0. The maximum absolute atomic E-state index is 4.77. The van der Waals surface area contributed by atoms with E-state index in [2.05, 4.69) is 70.4 Å². The number of fused-ring (bicyclic) bond motifs is 1. The Balaban J connectivity index is 1.63. The third-order valence-electron chi connectivity index (χ3n) is 4.61. The van der Waals surface area contributed by atoms with Crippen LogP contribution in [0.2, 0.25) is 0 Å². The summed E-state index contributed by atoms with van der Waals surface area (Å²) in [4.78, 5) is 16.0. The number of aromatic nitrogens is 3. The summed E-state index contributed by atoms with van der Waals surface area (Å²) in [5.74, 6) is 1.46. The van der Waals surface area contributed by atoms with Gasteiger partial charge in [0.1, 0.15) is 5.82 Å². The summed E-state index contributed by atoms with van der Waals surface area (Å²) in [7, 11) is 0. The van der Waals surface area contributed by atoms with Crippen LogP contribution in [0.1, 0.15) is 19.4 Å². The monoisotopic (exact) mass is 369 g/mol. The van der Waals surface area contributed by atoms with E-state index < -0.39 is 0 Å². The van der Waals surface area contributed by atoms with Gasteiger partial charge in [0, 0.05) is 30.4 Å². The zero-order valence-corrected chi connectivity index (χ0v) is 16.1. The van der Waals surface area contributed by atoms with Crippen LogP contribution in [0.4, 0.5) is 17.5 Å². The van der Waals surface area contributed by atoms with Gasteiger partial charge < -0.3 is 10.2 Å². The molecule has 4 rings (SSSR count). The highest BCUT2D eigenvalue weighted by Crippen LogP contribution is 2.25. The summed E-state index contributed by atoms with van der Waals surface area (Å²) in [6.07, 6.45) is 3.60. The van der Waals surface area contributed by atoms with Gasteiger partial charge in [0.05, 0.1) is 11.2 Å². The summed E-state index contributed by atoms with van der Waals surface area (Å²) in [5.41, 5.74) is 3.09. The highest BCUT2D eigenvalue weighted by Gasteiger charge is 2.15. The van der Waals surface area contributed by atoms with E-state index in [9.17, 15) is 0 Å². The lowest BCUT2D eigenvalue weighted by Gasteiger charge is -2.27. The van der Waals surface area contributed by atoms with Crippen molar-refractivity contribution in [1.82, 2.24) is 15.0 Å². The Labute approximate surface area is 165 Å². The van der Waals surface area contributed by atoms with Crippen LogP contribution in [-0.2, 0) is 6.54 Å². The van der Waals surface area contributed by atoms with Gasteiger partial charge in [0.2, 0.25) is 5.95 Å². The summed E-state index contributed by atoms with van der Waals surface area (Å²) >= 11 is 0. The number of hydrogen-bond acceptors (Lipinski definition) is 5. The molecular formula is C23H23N5. The maximum atomic E-state index is 4.77. The predicted molar refractivity (Wildman–Crippen MR) is 115 cm³/mol. The van der Waals surface area contributed by atoms with E-state index in [1.54, 1.807) is 12.4 Å². The molecule has 2 aromatic heterocycles. The summed E-state index contributed by atoms with van der Waals surface area (Å²) in [6.45, 7) is 5.07. The van der Waals surface area contributed by atoms with E-state index in [4.69, 9.17) is 4.98 Å². The van der Waals surface area contributed by atoms with Gasteiger partial charge in [0.25, 0.3) is 0 Å². The van der Waals surface area contributed by atoms with Crippen molar-refractivity contribution in [3.8, 4) is 0 Å². The Bertz CT molecular complexity index is 1060. The van der Waals surface area contributed by atoms with Gasteiger partial charge in [0.15, 0.2) is 0 Å². The lowest BCUT2D eigenvalue weighted by molar-refractivity contribution is 0.661. The summed E-state index contributed by atoms with van der Waals surface area (Å²) in [6, 6.07) is 22.6. The molecule has 0 amide bonds. The molecule has 4 aromatic rings.